The van der Waals surface area contributed by atoms with Gasteiger partial charge in [-0.25, -0.2) is 0 Å². The van der Waals surface area contributed by atoms with Gasteiger partial charge >= 0.3 is 0 Å². The van der Waals surface area contributed by atoms with Crippen LogP contribution in [0.1, 0.15) is 42.4 Å². The molecule has 0 bridgehead atoms. The van der Waals surface area contributed by atoms with Crippen LogP contribution in [0.25, 0.3) is 10.9 Å². The van der Waals surface area contributed by atoms with Gasteiger partial charge in [-0.1, -0.05) is 37.1 Å². The van der Waals surface area contributed by atoms with Gasteiger partial charge in [0.2, 0.25) is 0 Å². The lowest BCUT2D eigenvalue weighted by molar-refractivity contribution is 0.302. The average molecular weight is 480 g/mol. The van der Waals surface area contributed by atoms with E-state index in [4.69, 9.17) is 21.7 Å². The summed E-state index contributed by atoms with van der Waals surface area (Å²) in [5.74, 6) is 1.44. The predicted octanol–water partition coefficient (Wildman–Crippen LogP) is 4.72. The maximum atomic E-state index is 12.9. The minimum atomic E-state index is -0.0436. The SMILES string of the molecule is COc1ccc(CCNC(=S)N(Cc2cc3cccc(C)c3[nH]c2=O)C2CCCC2)cc1OC. The summed E-state index contributed by atoms with van der Waals surface area (Å²) in [6.45, 7) is 3.22. The monoisotopic (exact) mass is 479 g/mol. The molecular formula is C27H33N3O3S. The number of rotatable bonds is 8. The number of ether oxygens (including phenoxy) is 2. The highest BCUT2D eigenvalue weighted by molar-refractivity contribution is 7.80. The van der Waals surface area contributed by atoms with Crippen LogP contribution in [0.5, 0.6) is 11.5 Å². The third-order valence-electron chi connectivity index (χ3n) is 6.67. The molecule has 2 aromatic carbocycles. The van der Waals surface area contributed by atoms with E-state index in [1.807, 2.05) is 49.4 Å². The van der Waals surface area contributed by atoms with Crippen LogP contribution in [0, 0.1) is 6.92 Å². The number of nitrogens with zero attached hydrogens (tertiary/aromatic N) is 1. The second-order valence-electron chi connectivity index (χ2n) is 8.90. The van der Waals surface area contributed by atoms with Gasteiger partial charge in [0, 0.05) is 18.2 Å². The third kappa shape index (κ3) is 5.36. The maximum absolute atomic E-state index is 12.9. The van der Waals surface area contributed by atoms with Crippen LogP contribution in [-0.2, 0) is 13.0 Å². The Hall–Kier alpha value is -3.06. The number of nitrogens with one attached hydrogen (secondary N) is 2. The van der Waals surface area contributed by atoms with Crippen LogP contribution in [-0.4, -0.2) is 41.8 Å². The summed E-state index contributed by atoms with van der Waals surface area (Å²) in [7, 11) is 3.28. The number of thiocarbonyl (C=S) groups is 1. The summed E-state index contributed by atoms with van der Waals surface area (Å²) >= 11 is 5.83. The van der Waals surface area contributed by atoms with E-state index in [0.29, 0.717) is 24.2 Å². The number of pyridine rings is 1. The minimum absolute atomic E-state index is 0.0436. The van der Waals surface area contributed by atoms with Crippen molar-refractivity contribution in [2.45, 2.75) is 51.6 Å². The maximum Gasteiger partial charge on any atom is 0.253 e. The van der Waals surface area contributed by atoms with Gasteiger partial charge in [-0.15, -0.1) is 0 Å². The van der Waals surface area contributed by atoms with Crippen molar-refractivity contribution in [2.24, 2.45) is 0 Å². The second-order valence-corrected chi connectivity index (χ2v) is 9.29. The smallest absolute Gasteiger partial charge is 0.253 e. The van der Waals surface area contributed by atoms with Gasteiger partial charge < -0.3 is 24.7 Å². The highest BCUT2D eigenvalue weighted by atomic mass is 32.1. The molecule has 6 nitrogen and oxygen atoms in total. The van der Waals surface area contributed by atoms with E-state index in [0.717, 1.165) is 58.4 Å². The topological polar surface area (TPSA) is 66.6 Å². The molecule has 0 aliphatic heterocycles. The number of H-pyrrole nitrogens is 1. The van der Waals surface area contributed by atoms with E-state index >= 15 is 0 Å². The van der Waals surface area contributed by atoms with Gasteiger partial charge in [0.15, 0.2) is 16.6 Å². The lowest BCUT2D eigenvalue weighted by atomic mass is 10.1. The molecule has 1 saturated carbocycles. The molecule has 4 rings (SSSR count). The quantitative estimate of drug-likeness (QED) is 0.456. The second kappa shape index (κ2) is 10.9. The fourth-order valence-corrected chi connectivity index (χ4v) is 5.08. The molecule has 2 N–H and O–H groups in total. The normalized spacial score (nSPS) is 13.7. The summed E-state index contributed by atoms with van der Waals surface area (Å²) in [5.41, 5.74) is 3.81. The van der Waals surface area contributed by atoms with E-state index < -0.39 is 0 Å². The van der Waals surface area contributed by atoms with Gasteiger partial charge in [0.05, 0.1) is 26.3 Å². The van der Waals surface area contributed by atoms with Gasteiger partial charge in [-0.2, -0.15) is 0 Å². The number of hydrogen-bond donors (Lipinski definition) is 2. The number of aryl methyl sites for hydroxylation is 1. The van der Waals surface area contributed by atoms with Crippen molar-refractivity contribution in [1.82, 2.24) is 15.2 Å². The van der Waals surface area contributed by atoms with Crippen LogP contribution >= 0.6 is 12.2 Å². The van der Waals surface area contributed by atoms with Crippen molar-refractivity contribution < 1.29 is 9.47 Å². The summed E-state index contributed by atoms with van der Waals surface area (Å²) in [5, 5.41) is 5.19. The molecule has 0 spiro atoms. The standard InChI is InChI=1S/C27H33N3O3S/c1-18-7-6-8-20-16-21(26(31)29-25(18)20)17-30(22-9-4-5-10-22)27(34)28-14-13-19-11-12-23(32-2)24(15-19)33-3/h6-8,11-12,15-16,22H,4-5,9-10,13-14,17H2,1-3H3,(H,28,34)(H,29,31). The number of fused-ring (bicyclic) bond motifs is 1. The number of hydrogen-bond acceptors (Lipinski definition) is 4. The minimum Gasteiger partial charge on any atom is -0.493 e. The zero-order valence-electron chi connectivity index (χ0n) is 20.1. The van der Waals surface area contributed by atoms with Crippen LogP contribution in [0.15, 0.2) is 47.3 Å². The average Bonchev–Trinajstić information content (AvgIpc) is 3.37. The molecule has 0 saturated heterocycles. The molecule has 3 aromatic rings. The van der Waals surface area contributed by atoms with E-state index in [9.17, 15) is 4.79 Å². The highest BCUT2D eigenvalue weighted by Crippen LogP contribution is 2.28. The number of para-hydroxylation sites is 1. The Kier molecular flexibility index (Phi) is 7.73. The highest BCUT2D eigenvalue weighted by Gasteiger charge is 2.25. The van der Waals surface area contributed by atoms with Crippen molar-refractivity contribution in [3.05, 3.63) is 69.5 Å². The van der Waals surface area contributed by atoms with Crippen molar-refractivity contribution in [1.29, 1.82) is 0 Å². The van der Waals surface area contributed by atoms with Crippen LogP contribution in [0.3, 0.4) is 0 Å². The molecule has 0 amide bonds. The van der Waals surface area contributed by atoms with Crippen molar-refractivity contribution in [2.75, 3.05) is 20.8 Å². The zero-order valence-corrected chi connectivity index (χ0v) is 21.0. The first-order valence-corrected chi connectivity index (χ1v) is 12.3. The molecule has 1 heterocycles. The van der Waals surface area contributed by atoms with E-state index in [2.05, 4.69) is 15.2 Å². The molecular weight excluding hydrogens is 446 g/mol. The summed E-state index contributed by atoms with van der Waals surface area (Å²) in [6.07, 6.45) is 5.39. The van der Waals surface area contributed by atoms with Gasteiger partial charge in [0.1, 0.15) is 0 Å². The van der Waals surface area contributed by atoms with Crippen molar-refractivity contribution in [3.8, 4) is 11.5 Å². The molecule has 7 heteroatoms. The van der Waals surface area contributed by atoms with Crippen LogP contribution in [0.2, 0.25) is 0 Å². The molecule has 1 aromatic heterocycles. The Morgan fingerprint density at radius 3 is 2.62 bits per heavy atom. The van der Waals surface area contributed by atoms with Crippen molar-refractivity contribution >= 4 is 28.2 Å². The third-order valence-corrected chi connectivity index (χ3v) is 7.05. The Balaban J connectivity index is 1.47. The first-order valence-electron chi connectivity index (χ1n) is 11.9. The summed E-state index contributed by atoms with van der Waals surface area (Å²) in [4.78, 5) is 18.2. The Morgan fingerprint density at radius 2 is 1.88 bits per heavy atom. The van der Waals surface area contributed by atoms with Crippen LogP contribution in [0.4, 0.5) is 0 Å². The molecule has 180 valence electrons. The number of methoxy groups -OCH3 is 2. The number of aromatic nitrogens is 1. The van der Waals surface area contributed by atoms with E-state index in [1.165, 1.54) is 12.8 Å². The first-order chi connectivity index (χ1) is 16.5. The molecule has 1 fully saturated rings. The Labute approximate surface area is 206 Å². The lowest BCUT2D eigenvalue weighted by Gasteiger charge is -2.31. The Morgan fingerprint density at radius 1 is 1.12 bits per heavy atom. The van der Waals surface area contributed by atoms with E-state index in [1.54, 1.807) is 14.2 Å². The number of aromatic amines is 1. The number of benzene rings is 2. The van der Waals surface area contributed by atoms with Gasteiger partial charge in [0.25, 0.3) is 5.56 Å². The van der Waals surface area contributed by atoms with Crippen molar-refractivity contribution in [3.63, 3.8) is 0 Å². The predicted molar refractivity (Wildman–Crippen MR) is 141 cm³/mol. The van der Waals surface area contributed by atoms with Gasteiger partial charge in [-0.05, 0) is 73.1 Å². The Bertz CT molecular complexity index is 1220. The zero-order chi connectivity index (χ0) is 24.1. The fraction of sp³-hybridized carbons (Fsp3) is 0.407. The fourth-order valence-electron chi connectivity index (χ4n) is 4.76. The summed E-state index contributed by atoms with van der Waals surface area (Å²) < 4.78 is 10.7. The summed E-state index contributed by atoms with van der Waals surface area (Å²) in [6, 6.07) is 14.4. The molecule has 1 aliphatic rings. The largest absolute Gasteiger partial charge is 0.493 e. The molecule has 0 radical (unpaired) electrons. The van der Waals surface area contributed by atoms with E-state index in [-0.39, 0.29) is 5.56 Å². The molecule has 1 aliphatic carbocycles. The first kappa shape index (κ1) is 24.1. The molecule has 0 unspecified atom stereocenters. The van der Waals surface area contributed by atoms with Crippen LogP contribution < -0.4 is 20.3 Å². The molecule has 34 heavy (non-hydrogen) atoms. The van der Waals surface area contributed by atoms with Gasteiger partial charge in [-0.3, -0.25) is 4.79 Å². The lowest BCUT2D eigenvalue weighted by Crippen LogP contribution is -2.45. The molecule has 0 atom stereocenters.